The SMILES string of the molecule is CC(C)CC12CCC(CC1)N2C(C)C. The van der Waals surface area contributed by atoms with E-state index < -0.39 is 0 Å². The highest BCUT2D eigenvalue weighted by Crippen LogP contribution is 2.50. The van der Waals surface area contributed by atoms with Gasteiger partial charge in [0.15, 0.2) is 0 Å². The van der Waals surface area contributed by atoms with Gasteiger partial charge in [-0.2, -0.15) is 0 Å². The first-order valence-corrected chi connectivity index (χ1v) is 6.33. The number of hydrogen-bond acceptors (Lipinski definition) is 1. The Kier molecular flexibility index (Phi) is 2.63. The Bertz CT molecular complexity index is 199. The predicted molar refractivity (Wildman–Crippen MR) is 61.4 cm³/mol. The molecule has 0 N–H and O–H groups in total. The zero-order valence-electron chi connectivity index (χ0n) is 10.2. The van der Waals surface area contributed by atoms with Crippen molar-refractivity contribution in [1.82, 2.24) is 4.90 Å². The Morgan fingerprint density at radius 3 is 2.14 bits per heavy atom. The highest BCUT2D eigenvalue weighted by atomic mass is 15.3. The normalized spacial score (nSPS) is 37.7. The first kappa shape index (κ1) is 10.5. The third kappa shape index (κ3) is 1.50. The molecule has 82 valence electrons. The van der Waals surface area contributed by atoms with Crippen molar-refractivity contribution < 1.29 is 0 Å². The Labute approximate surface area is 88.9 Å². The van der Waals surface area contributed by atoms with Gasteiger partial charge in [-0.15, -0.1) is 0 Å². The standard InChI is InChI=1S/C13H25N/c1-10(2)9-13-7-5-12(6-8-13)14(13)11(3)4/h10-12H,5-9H2,1-4H3. The van der Waals surface area contributed by atoms with E-state index >= 15 is 0 Å². The van der Waals surface area contributed by atoms with Crippen LogP contribution in [0.25, 0.3) is 0 Å². The van der Waals surface area contributed by atoms with E-state index in [2.05, 4.69) is 32.6 Å². The van der Waals surface area contributed by atoms with Gasteiger partial charge in [0.1, 0.15) is 0 Å². The van der Waals surface area contributed by atoms with Crippen molar-refractivity contribution in [3.05, 3.63) is 0 Å². The minimum Gasteiger partial charge on any atom is -0.292 e. The monoisotopic (exact) mass is 195 g/mol. The van der Waals surface area contributed by atoms with Gasteiger partial charge >= 0.3 is 0 Å². The van der Waals surface area contributed by atoms with Gasteiger partial charge in [0.25, 0.3) is 0 Å². The molecule has 0 amide bonds. The van der Waals surface area contributed by atoms with E-state index in [1.54, 1.807) is 0 Å². The summed E-state index contributed by atoms with van der Waals surface area (Å²) < 4.78 is 0. The van der Waals surface area contributed by atoms with Crippen LogP contribution in [0.15, 0.2) is 0 Å². The van der Waals surface area contributed by atoms with Gasteiger partial charge in [-0.25, -0.2) is 0 Å². The van der Waals surface area contributed by atoms with Crippen LogP contribution < -0.4 is 0 Å². The maximum absolute atomic E-state index is 2.84. The molecule has 2 fully saturated rings. The van der Waals surface area contributed by atoms with E-state index in [4.69, 9.17) is 0 Å². The molecule has 2 aliphatic rings. The summed E-state index contributed by atoms with van der Waals surface area (Å²) in [4.78, 5) is 2.84. The van der Waals surface area contributed by atoms with Crippen LogP contribution in [0.3, 0.4) is 0 Å². The van der Waals surface area contributed by atoms with Crippen molar-refractivity contribution in [2.24, 2.45) is 5.92 Å². The molecule has 0 aromatic heterocycles. The number of rotatable bonds is 3. The lowest BCUT2D eigenvalue weighted by Gasteiger charge is -2.39. The van der Waals surface area contributed by atoms with Crippen LogP contribution in [0.4, 0.5) is 0 Å². The summed E-state index contributed by atoms with van der Waals surface area (Å²) in [5, 5.41) is 0. The molecule has 0 unspecified atom stereocenters. The average molecular weight is 195 g/mol. The van der Waals surface area contributed by atoms with Gasteiger partial charge in [-0.05, 0) is 51.9 Å². The van der Waals surface area contributed by atoms with Gasteiger partial charge in [-0.3, -0.25) is 4.90 Å². The molecule has 2 heterocycles. The fourth-order valence-electron chi connectivity index (χ4n) is 4.10. The first-order valence-electron chi connectivity index (χ1n) is 6.33. The second-order valence-corrected chi connectivity index (χ2v) is 6.05. The number of fused-ring (bicyclic) bond motifs is 2. The van der Waals surface area contributed by atoms with Crippen molar-refractivity contribution >= 4 is 0 Å². The van der Waals surface area contributed by atoms with Crippen molar-refractivity contribution in [3.63, 3.8) is 0 Å². The molecule has 0 aromatic rings. The molecule has 0 atom stereocenters. The maximum atomic E-state index is 2.84. The minimum atomic E-state index is 0.604. The lowest BCUT2D eigenvalue weighted by atomic mass is 9.81. The minimum absolute atomic E-state index is 0.604. The summed E-state index contributed by atoms with van der Waals surface area (Å²) in [6.07, 6.45) is 7.28. The molecule has 0 aliphatic carbocycles. The smallest absolute Gasteiger partial charge is 0.0218 e. The lowest BCUT2D eigenvalue weighted by molar-refractivity contribution is 0.0948. The summed E-state index contributed by atoms with van der Waals surface area (Å²) in [5.74, 6) is 0.855. The van der Waals surface area contributed by atoms with Crippen LogP contribution in [0.5, 0.6) is 0 Å². The highest BCUT2D eigenvalue weighted by molar-refractivity contribution is 5.08. The summed E-state index contributed by atoms with van der Waals surface area (Å²) in [7, 11) is 0. The maximum Gasteiger partial charge on any atom is 0.0218 e. The first-order chi connectivity index (χ1) is 6.55. The van der Waals surface area contributed by atoms with Gasteiger partial charge in [-0.1, -0.05) is 13.8 Å². The summed E-state index contributed by atoms with van der Waals surface area (Å²) in [6.45, 7) is 9.50. The Hall–Kier alpha value is -0.0400. The van der Waals surface area contributed by atoms with Gasteiger partial charge in [0.05, 0.1) is 0 Å². The van der Waals surface area contributed by atoms with Crippen molar-refractivity contribution in [2.45, 2.75) is 77.4 Å². The molecule has 14 heavy (non-hydrogen) atoms. The second-order valence-electron chi connectivity index (χ2n) is 6.05. The largest absolute Gasteiger partial charge is 0.292 e. The van der Waals surface area contributed by atoms with E-state index in [9.17, 15) is 0 Å². The molecule has 0 aromatic carbocycles. The van der Waals surface area contributed by atoms with E-state index in [1.807, 2.05) is 0 Å². The number of hydrogen-bond donors (Lipinski definition) is 0. The van der Waals surface area contributed by atoms with Crippen LogP contribution in [-0.2, 0) is 0 Å². The topological polar surface area (TPSA) is 3.24 Å². The molecule has 2 aliphatic heterocycles. The molecular weight excluding hydrogens is 170 g/mol. The Morgan fingerprint density at radius 2 is 1.71 bits per heavy atom. The van der Waals surface area contributed by atoms with Gasteiger partial charge in [0, 0.05) is 17.6 Å². The molecule has 1 nitrogen and oxygen atoms in total. The van der Waals surface area contributed by atoms with Crippen molar-refractivity contribution in [1.29, 1.82) is 0 Å². The summed E-state index contributed by atoms with van der Waals surface area (Å²) in [5.41, 5.74) is 0.604. The third-order valence-corrected chi connectivity index (χ3v) is 4.17. The van der Waals surface area contributed by atoms with E-state index in [0.717, 1.165) is 18.0 Å². The fourth-order valence-corrected chi connectivity index (χ4v) is 4.10. The molecule has 0 spiro atoms. The third-order valence-electron chi connectivity index (χ3n) is 4.17. The summed E-state index contributed by atoms with van der Waals surface area (Å²) >= 11 is 0. The predicted octanol–water partition coefficient (Wildman–Crippen LogP) is 3.44. The zero-order chi connectivity index (χ0) is 10.3. The van der Waals surface area contributed by atoms with E-state index in [-0.39, 0.29) is 0 Å². The molecule has 1 heteroatoms. The molecule has 0 saturated carbocycles. The fraction of sp³-hybridized carbons (Fsp3) is 1.00. The van der Waals surface area contributed by atoms with Gasteiger partial charge in [0.2, 0.25) is 0 Å². The molecule has 2 saturated heterocycles. The lowest BCUT2D eigenvalue weighted by Crippen LogP contribution is -2.46. The van der Waals surface area contributed by atoms with Crippen molar-refractivity contribution in [2.75, 3.05) is 0 Å². The molecular formula is C13H25N. The van der Waals surface area contributed by atoms with Gasteiger partial charge < -0.3 is 0 Å². The van der Waals surface area contributed by atoms with E-state index in [1.165, 1.54) is 32.1 Å². The number of nitrogens with zero attached hydrogens (tertiary/aromatic N) is 1. The Balaban J connectivity index is 2.15. The quantitative estimate of drug-likeness (QED) is 0.667. The van der Waals surface area contributed by atoms with Crippen LogP contribution in [0.1, 0.15) is 59.8 Å². The average Bonchev–Trinajstić information content (AvgIpc) is 2.56. The molecule has 2 rings (SSSR count). The molecule has 2 bridgehead atoms. The van der Waals surface area contributed by atoms with Crippen molar-refractivity contribution in [3.8, 4) is 0 Å². The van der Waals surface area contributed by atoms with Crippen LogP contribution in [0.2, 0.25) is 0 Å². The zero-order valence-corrected chi connectivity index (χ0v) is 10.2. The van der Waals surface area contributed by atoms with Crippen LogP contribution in [0, 0.1) is 5.92 Å². The molecule has 0 radical (unpaired) electrons. The summed E-state index contributed by atoms with van der Waals surface area (Å²) in [6, 6.07) is 1.68. The van der Waals surface area contributed by atoms with Crippen LogP contribution >= 0.6 is 0 Å². The van der Waals surface area contributed by atoms with E-state index in [0.29, 0.717) is 5.54 Å². The highest BCUT2D eigenvalue weighted by Gasteiger charge is 2.51. The Morgan fingerprint density at radius 1 is 1.14 bits per heavy atom. The van der Waals surface area contributed by atoms with Crippen LogP contribution in [-0.4, -0.2) is 22.5 Å². The second kappa shape index (κ2) is 3.52.